The average Bonchev–Trinajstić information content (AvgIpc) is 3.99. The minimum atomic E-state index is -0.507. The molecule has 2 nitrogen and oxygen atoms in total. The van der Waals surface area contributed by atoms with E-state index in [1.54, 1.807) is 0 Å². The number of aliphatic imine (C=N–C) groups is 2. The second kappa shape index (κ2) is 11.2. The Hall–Kier alpha value is -6.64. The van der Waals surface area contributed by atoms with E-state index in [1.807, 2.05) is 12.3 Å². The second-order valence-electron chi connectivity index (χ2n) is 14.5. The monoisotopic (exact) mass is 674 g/mol. The number of hydrogen-bond acceptors (Lipinski definition) is 2. The molecule has 1 spiro atoms. The summed E-state index contributed by atoms with van der Waals surface area (Å²) in [6, 6.07) is 53.9. The molecule has 2 heteroatoms. The van der Waals surface area contributed by atoms with Crippen LogP contribution in [0, 0.1) is 0 Å². The lowest BCUT2D eigenvalue weighted by molar-refractivity contribution is 0.794. The highest BCUT2D eigenvalue weighted by molar-refractivity contribution is 6.21. The zero-order valence-corrected chi connectivity index (χ0v) is 29.4. The van der Waals surface area contributed by atoms with Gasteiger partial charge in [-0.15, -0.1) is 0 Å². The molecule has 1 aliphatic heterocycles. The van der Waals surface area contributed by atoms with E-state index in [9.17, 15) is 0 Å². The summed E-state index contributed by atoms with van der Waals surface area (Å²) >= 11 is 0. The van der Waals surface area contributed by atoms with Gasteiger partial charge in [0, 0.05) is 17.5 Å². The lowest BCUT2D eigenvalue weighted by atomic mass is 9.69. The third kappa shape index (κ3) is 4.09. The van der Waals surface area contributed by atoms with Crippen molar-refractivity contribution in [2.75, 3.05) is 6.54 Å². The van der Waals surface area contributed by atoms with Crippen molar-refractivity contribution in [1.82, 2.24) is 0 Å². The maximum Gasteiger partial charge on any atom is 0.0726 e. The number of fused-ring (bicyclic) bond motifs is 14. The van der Waals surface area contributed by atoms with Crippen LogP contribution in [-0.2, 0) is 5.41 Å². The van der Waals surface area contributed by atoms with Gasteiger partial charge >= 0.3 is 0 Å². The third-order valence-electron chi connectivity index (χ3n) is 11.8. The Morgan fingerprint density at radius 3 is 2.04 bits per heavy atom. The van der Waals surface area contributed by atoms with Gasteiger partial charge in [-0.2, -0.15) is 0 Å². The lowest BCUT2D eigenvalue weighted by Crippen LogP contribution is -2.26. The number of benzene rings is 7. The van der Waals surface area contributed by atoms with Crippen LogP contribution in [0.15, 0.2) is 185 Å². The fraction of sp³-hybridized carbons (Fsp3) is 0.0588. The highest BCUT2D eigenvalue weighted by Crippen LogP contribution is 2.65. The predicted octanol–water partition coefficient (Wildman–Crippen LogP) is 12.2. The zero-order chi connectivity index (χ0) is 35.3. The quantitative estimate of drug-likeness (QED) is 0.128. The molecule has 1 atom stereocenters. The van der Waals surface area contributed by atoms with Crippen LogP contribution in [0.5, 0.6) is 0 Å². The summed E-state index contributed by atoms with van der Waals surface area (Å²) in [6.07, 6.45) is 6.18. The Morgan fingerprint density at radius 1 is 0.604 bits per heavy atom. The topological polar surface area (TPSA) is 24.7 Å². The molecule has 0 aromatic heterocycles. The van der Waals surface area contributed by atoms with Crippen molar-refractivity contribution in [3.8, 4) is 44.5 Å². The van der Waals surface area contributed by atoms with Crippen molar-refractivity contribution in [3.05, 3.63) is 209 Å². The van der Waals surface area contributed by atoms with E-state index < -0.39 is 5.41 Å². The number of nitrogens with zero attached hydrogens (tertiary/aromatic N) is 2. The van der Waals surface area contributed by atoms with E-state index in [0.717, 1.165) is 33.7 Å². The molecule has 4 aliphatic rings. The summed E-state index contributed by atoms with van der Waals surface area (Å²) < 4.78 is 0. The van der Waals surface area contributed by atoms with Crippen LogP contribution in [0.4, 0.5) is 0 Å². The number of allylic oxidation sites excluding steroid dienone is 3. The molecule has 0 N–H and O–H groups in total. The van der Waals surface area contributed by atoms with Crippen molar-refractivity contribution in [1.29, 1.82) is 0 Å². The van der Waals surface area contributed by atoms with Gasteiger partial charge in [-0.25, -0.2) is 0 Å². The molecule has 248 valence electrons. The van der Waals surface area contributed by atoms with E-state index in [1.165, 1.54) is 77.5 Å². The Kier molecular flexibility index (Phi) is 6.33. The summed E-state index contributed by atoms with van der Waals surface area (Å²) in [5, 5.41) is 2.68. The molecule has 0 radical (unpaired) electrons. The summed E-state index contributed by atoms with van der Waals surface area (Å²) in [7, 11) is 0. The van der Waals surface area contributed by atoms with E-state index in [2.05, 4.69) is 170 Å². The smallest absolute Gasteiger partial charge is 0.0726 e. The van der Waals surface area contributed by atoms with Gasteiger partial charge in [-0.05, 0) is 119 Å². The molecule has 0 bridgehead atoms. The molecule has 11 rings (SSSR count). The largest absolute Gasteiger partial charge is 0.288 e. The van der Waals surface area contributed by atoms with Gasteiger partial charge in [0.1, 0.15) is 0 Å². The fourth-order valence-corrected chi connectivity index (χ4v) is 9.57. The zero-order valence-electron chi connectivity index (χ0n) is 29.4. The first-order chi connectivity index (χ1) is 26.1. The molecule has 0 saturated heterocycles. The van der Waals surface area contributed by atoms with Crippen LogP contribution >= 0.6 is 0 Å². The highest BCUT2D eigenvalue weighted by atomic mass is 14.8. The maximum atomic E-state index is 5.35. The molecule has 7 aromatic carbocycles. The van der Waals surface area contributed by atoms with Crippen LogP contribution < -0.4 is 0 Å². The number of hydrogen-bond donors (Lipinski definition) is 0. The normalized spacial score (nSPS) is 17.1. The van der Waals surface area contributed by atoms with E-state index in [0.29, 0.717) is 6.54 Å². The first-order valence-electron chi connectivity index (χ1n) is 18.4. The predicted molar refractivity (Wildman–Crippen MR) is 222 cm³/mol. The Balaban J connectivity index is 1.21. The van der Waals surface area contributed by atoms with Gasteiger partial charge in [0.15, 0.2) is 0 Å². The van der Waals surface area contributed by atoms with Crippen LogP contribution in [0.25, 0.3) is 61.0 Å². The van der Waals surface area contributed by atoms with Crippen LogP contribution in [0.2, 0.25) is 0 Å². The van der Waals surface area contributed by atoms with E-state index >= 15 is 0 Å². The Labute approximate surface area is 309 Å². The van der Waals surface area contributed by atoms with Crippen molar-refractivity contribution in [2.24, 2.45) is 9.98 Å². The first-order valence-corrected chi connectivity index (χ1v) is 18.4. The van der Waals surface area contributed by atoms with Gasteiger partial charge in [0.05, 0.1) is 17.7 Å². The summed E-state index contributed by atoms with van der Waals surface area (Å²) in [5.41, 5.74) is 21.2. The van der Waals surface area contributed by atoms with Gasteiger partial charge in [-0.1, -0.05) is 146 Å². The highest BCUT2D eigenvalue weighted by Gasteiger charge is 2.52. The van der Waals surface area contributed by atoms with Gasteiger partial charge < -0.3 is 0 Å². The molecule has 7 aromatic rings. The van der Waals surface area contributed by atoms with Crippen LogP contribution in [0.3, 0.4) is 0 Å². The Bertz CT molecular complexity index is 2880. The summed E-state index contributed by atoms with van der Waals surface area (Å²) in [5.74, 6) is 0. The SMILES string of the molecule is C=C(/C=C(\N=C(C)c1ccccc1)c1ccc2c(c1)C1(c3ccccc3-2)c2ccccc2-c2c1cc1c3c(cccc23)-c2ccccc2-1)C1=CCN=C1. The molecule has 1 unspecified atom stereocenters. The summed E-state index contributed by atoms with van der Waals surface area (Å²) in [4.78, 5) is 9.80. The first kappa shape index (κ1) is 30.0. The lowest BCUT2D eigenvalue weighted by Gasteiger charge is -2.31. The molecule has 0 fully saturated rings. The molecule has 0 saturated carbocycles. The number of rotatable bonds is 5. The second-order valence-corrected chi connectivity index (χ2v) is 14.5. The molecule has 0 amide bonds. The standard InChI is InChI=1S/C51H34N2/c1-31(35-25-26-52-30-35)27-48(53-32(2)33-13-4-3-5-14-33)34-23-24-39-38-17-8-10-21-44(38)51(46(39)28-34)45-22-11-9-18-41(45)50-42-20-12-19-40-36-15-6-7-16-37(36)43(49(40)42)29-47(50)51/h3-25,27-30H,1,26H2,2H3/b48-27-,53-32?. The fourth-order valence-electron chi connectivity index (χ4n) is 9.57. The van der Waals surface area contributed by atoms with E-state index in [4.69, 9.17) is 4.99 Å². The summed E-state index contributed by atoms with van der Waals surface area (Å²) in [6.45, 7) is 7.26. The Morgan fingerprint density at radius 2 is 1.26 bits per heavy atom. The van der Waals surface area contributed by atoms with Crippen LogP contribution in [-0.4, -0.2) is 18.5 Å². The maximum absolute atomic E-state index is 5.35. The molecule has 53 heavy (non-hydrogen) atoms. The minimum Gasteiger partial charge on any atom is -0.288 e. The minimum absolute atomic E-state index is 0.507. The van der Waals surface area contributed by atoms with Crippen molar-refractivity contribution in [2.45, 2.75) is 12.3 Å². The average molecular weight is 675 g/mol. The van der Waals surface area contributed by atoms with Gasteiger partial charge in [0.25, 0.3) is 0 Å². The van der Waals surface area contributed by atoms with Crippen molar-refractivity contribution < 1.29 is 0 Å². The molecule has 3 aliphatic carbocycles. The van der Waals surface area contributed by atoms with Crippen molar-refractivity contribution in [3.63, 3.8) is 0 Å². The molecular formula is C51H34N2. The van der Waals surface area contributed by atoms with Gasteiger partial charge in [0.2, 0.25) is 0 Å². The van der Waals surface area contributed by atoms with Crippen LogP contribution in [0.1, 0.15) is 40.3 Å². The van der Waals surface area contributed by atoms with E-state index in [-0.39, 0.29) is 0 Å². The van der Waals surface area contributed by atoms with Crippen molar-refractivity contribution >= 4 is 28.4 Å². The molecule has 1 heterocycles. The van der Waals surface area contributed by atoms with Gasteiger partial charge in [-0.3, -0.25) is 9.98 Å². The molecular weight excluding hydrogens is 641 g/mol. The third-order valence-corrected chi connectivity index (χ3v) is 11.8.